The third kappa shape index (κ3) is 2.81. The zero-order chi connectivity index (χ0) is 15.2. The topological polar surface area (TPSA) is 47.3 Å². The number of hydrogen-bond donors (Lipinski definition) is 1. The Morgan fingerprint density at radius 1 is 1.48 bits per heavy atom. The van der Waals surface area contributed by atoms with Gasteiger partial charge in [0.1, 0.15) is 5.75 Å². The van der Waals surface area contributed by atoms with Crippen molar-refractivity contribution in [2.24, 2.45) is 5.92 Å². The van der Waals surface area contributed by atoms with Crippen LogP contribution in [0.1, 0.15) is 39.2 Å². The maximum atomic E-state index is 10.2. The van der Waals surface area contributed by atoms with Crippen LogP contribution in [0.5, 0.6) is 5.75 Å². The number of aliphatic hydroxyl groups is 1. The van der Waals surface area contributed by atoms with E-state index < -0.39 is 5.60 Å². The molecular weight excluding hydrogens is 332 g/mol. The monoisotopic (exact) mass is 352 g/mol. The second-order valence-electron chi connectivity index (χ2n) is 6.44. The average molecular weight is 353 g/mol. The third-order valence-corrected chi connectivity index (χ3v) is 5.15. The molecule has 1 aliphatic rings. The van der Waals surface area contributed by atoms with Gasteiger partial charge in [-0.2, -0.15) is 5.10 Å². The molecule has 1 saturated carbocycles. The predicted molar refractivity (Wildman–Crippen MR) is 86.7 cm³/mol. The molecule has 114 valence electrons. The van der Waals surface area contributed by atoms with Gasteiger partial charge in [-0.05, 0) is 54.1 Å². The van der Waals surface area contributed by atoms with E-state index in [4.69, 9.17) is 9.84 Å². The molecule has 2 aromatic rings. The van der Waals surface area contributed by atoms with Crippen molar-refractivity contribution in [3.05, 3.63) is 22.8 Å². The summed E-state index contributed by atoms with van der Waals surface area (Å²) in [4.78, 5) is 0. The molecule has 0 saturated heterocycles. The molecule has 1 aliphatic carbocycles. The zero-order valence-corrected chi connectivity index (χ0v) is 14.2. The largest absolute Gasteiger partial charge is 0.495 e. The van der Waals surface area contributed by atoms with E-state index in [1.165, 1.54) is 0 Å². The van der Waals surface area contributed by atoms with E-state index in [2.05, 4.69) is 33.7 Å². The van der Waals surface area contributed by atoms with Gasteiger partial charge in [0.2, 0.25) is 0 Å². The number of benzene rings is 1. The van der Waals surface area contributed by atoms with Gasteiger partial charge in [0, 0.05) is 17.6 Å². The van der Waals surface area contributed by atoms with Crippen molar-refractivity contribution in [1.29, 1.82) is 0 Å². The Kier molecular flexibility index (Phi) is 3.74. The molecule has 0 amide bonds. The molecule has 1 N–H and O–H groups in total. The number of hydrogen-bond acceptors (Lipinski definition) is 3. The number of methoxy groups -OCH3 is 1. The van der Waals surface area contributed by atoms with Gasteiger partial charge in [-0.3, -0.25) is 4.68 Å². The van der Waals surface area contributed by atoms with Crippen LogP contribution in [0.15, 0.2) is 22.8 Å². The Balaban J connectivity index is 1.94. The first-order valence-corrected chi connectivity index (χ1v) is 8.14. The molecule has 0 radical (unpaired) electrons. The lowest BCUT2D eigenvalue weighted by Gasteiger charge is -2.38. The highest BCUT2D eigenvalue weighted by Gasteiger charge is 2.35. The van der Waals surface area contributed by atoms with Crippen LogP contribution in [-0.2, 0) is 0 Å². The summed E-state index contributed by atoms with van der Waals surface area (Å²) >= 11 is 3.51. The molecule has 0 spiro atoms. The van der Waals surface area contributed by atoms with Crippen LogP contribution in [0.2, 0.25) is 0 Å². The van der Waals surface area contributed by atoms with E-state index in [0.29, 0.717) is 12.0 Å². The first-order valence-electron chi connectivity index (χ1n) is 7.34. The van der Waals surface area contributed by atoms with Gasteiger partial charge in [-0.25, -0.2) is 0 Å². The Morgan fingerprint density at radius 3 is 2.90 bits per heavy atom. The number of aromatic nitrogens is 2. The van der Waals surface area contributed by atoms with Crippen LogP contribution in [0.25, 0.3) is 10.9 Å². The molecule has 3 atom stereocenters. The summed E-state index contributed by atoms with van der Waals surface area (Å²) in [5.41, 5.74) is 0.411. The molecule has 0 bridgehead atoms. The maximum absolute atomic E-state index is 10.2. The maximum Gasteiger partial charge on any atom is 0.135 e. The molecule has 3 rings (SSSR count). The summed E-state index contributed by atoms with van der Waals surface area (Å²) in [6.07, 6.45) is 4.70. The van der Waals surface area contributed by atoms with E-state index in [0.717, 1.165) is 40.4 Å². The Hall–Kier alpha value is -1.07. The molecule has 1 heterocycles. The molecule has 21 heavy (non-hydrogen) atoms. The Labute approximate surface area is 133 Å². The van der Waals surface area contributed by atoms with Gasteiger partial charge < -0.3 is 9.84 Å². The van der Waals surface area contributed by atoms with Crippen LogP contribution in [0, 0.1) is 5.92 Å². The normalized spacial score (nSPS) is 29.8. The highest BCUT2D eigenvalue weighted by Crippen LogP contribution is 2.39. The van der Waals surface area contributed by atoms with Gasteiger partial charge in [-0.15, -0.1) is 0 Å². The van der Waals surface area contributed by atoms with Gasteiger partial charge in [-0.1, -0.05) is 6.92 Å². The van der Waals surface area contributed by atoms with E-state index in [1.807, 2.05) is 19.1 Å². The first-order chi connectivity index (χ1) is 9.89. The van der Waals surface area contributed by atoms with Crippen molar-refractivity contribution < 1.29 is 9.84 Å². The van der Waals surface area contributed by atoms with Gasteiger partial charge in [0.15, 0.2) is 0 Å². The fourth-order valence-electron chi connectivity index (χ4n) is 3.44. The summed E-state index contributed by atoms with van der Waals surface area (Å²) in [5.74, 6) is 1.21. The molecule has 1 aromatic heterocycles. The third-order valence-electron chi connectivity index (χ3n) is 4.53. The number of ether oxygens (including phenoxy) is 1. The molecule has 1 fully saturated rings. The number of fused-ring (bicyclic) bond motifs is 1. The van der Waals surface area contributed by atoms with Crippen LogP contribution in [0.4, 0.5) is 0 Å². The fraction of sp³-hybridized carbons (Fsp3) is 0.562. The van der Waals surface area contributed by atoms with Crippen molar-refractivity contribution >= 4 is 26.8 Å². The van der Waals surface area contributed by atoms with Gasteiger partial charge >= 0.3 is 0 Å². The standard InChI is InChI=1S/C16H21BrN2O2/c1-10-8-16(2,20)5-4-14(10)19-9-11-6-12(17)15(21-3)7-13(11)18-19/h6-7,9-10,14,20H,4-5,8H2,1-3H3/t10-,14-,16?/m1/s1. The van der Waals surface area contributed by atoms with Crippen molar-refractivity contribution in [2.45, 2.75) is 44.8 Å². The van der Waals surface area contributed by atoms with Crippen molar-refractivity contribution in [2.75, 3.05) is 7.11 Å². The summed E-state index contributed by atoms with van der Waals surface area (Å²) < 4.78 is 8.33. The molecule has 1 aromatic carbocycles. The minimum absolute atomic E-state index is 0.349. The van der Waals surface area contributed by atoms with E-state index >= 15 is 0 Å². The van der Waals surface area contributed by atoms with Crippen LogP contribution >= 0.6 is 15.9 Å². The van der Waals surface area contributed by atoms with Crippen molar-refractivity contribution in [3.63, 3.8) is 0 Å². The van der Waals surface area contributed by atoms with Crippen LogP contribution < -0.4 is 4.74 Å². The highest BCUT2D eigenvalue weighted by atomic mass is 79.9. The molecule has 1 unspecified atom stereocenters. The summed E-state index contributed by atoms with van der Waals surface area (Å²) in [6, 6.07) is 4.35. The van der Waals surface area contributed by atoms with Gasteiger partial charge in [0.25, 0.3) is 0 Å². The number of halogens is 1. The number of rotatable bonds is 2. The van der Waals surface area contributed by atoms with Crippen molar-refractivity contribution in [3.8, 4) is 5.75 Å². The minimum atomic E-state index is -0.533. The lowest BCUT2D eigenvalue weighted by Crippen LogP contribution is -2.36. The molecular formula is C16H21BrN2O2. The second-order valence-corrected chi connectivity index (χ2v) is 7.29. The predicted octanol–water partition coefficient (Wildman–Crippen LogP) is 3.92. The quantitative estimate of drug-likeness (QED) is 0.890. The van der Waals surface area contributed by atoms with Gasteiger partial charge in [0.05, 0.1) is 28.7 Å². The lowest BCUT2D eigenvalue weighted by molar-refractivity contribution is -0.0145. The average Bonchev–Trinajstić information content (AvgIpc) is 2.78. The number of nitrogens with zero attached hydrogens (tertiary/aromatic N) is 2. The van der Waals surface area contributed by atoms with E-state index in [1.54, 1.807) is 7.11 Å². The smallest absolute Gasteiger partial charge is 0.135 e. The molecule has 0 aliphatic heterocycles. The lowest BCUT2D eigenvalue weighted by atomic mass is 9.77. The summed E-state index contributed by atoms with van der Waals surface area (Å²) in [6.45, 7) is 4.13. The second kappa shape index (κ2) is 5.29. The van der Waals surface area contributed by atoms with Crippen LogP contribution in [-0.4, -0.2) is 27.6 Å². The van der Waals surface area contributed by atoms with E-state index in [-0.39, 0.29) is 0 Å². The summed E-state index contributed by atoms with van der Waals surface area (Å²) in [5, 5.41) is 16.0. The summed E-state index contributed by atoms with van der Waals surface area (Å²) in [7, 11) is 1.66. The molecule has 5 heteroatoms. The van der Waals surface area contributed by atoms with E-state index in [9.17, 15) is 5.11 Å². The zero-order valence-electron chi connectivity index (χ0n) is 12.6. The SMILES string of the molecule is COc1cc2nn([C@@H]3CCC(C)(O)C[C@H]3C)cc2cc1Br. The first kappa shape index (κ1) is 14.9. The van der Waals surface area contributed by atoms with Crippen molar-refractivity contribution in [1.82, 2.24) is 9.78 Å². The highest BCUT2D eigenvalue weighted by molar-refractivity contribution is 9.10. The fourth-order valence-corrected chi connectivity index (χ4v) is 3.96. The Bertz CT molecular complexity index is 666. The minimum Gasteiger partial charge on any atom is -0.495 e. The Morgan fingerprint density at radius 2 is 2.24 bits per heavy atom. The van der Waals surface area contributed by atoms with Crippen LogP contribution in [0.3, 0.4) is 0 Å². The molecule has 4 nitrogen and oxygen atoms in total.